The molecule has 1 aliphatic heterocycles. The van der Waals surface area contributed by atoms with Crippen molar-refractivity contribution in [1.82, 2.24) is 15.5 Å². The predicted molar refractivity (Wildman–Crippen MR) is 152 cm³/mol. The largest absolute Gasteiger partial charge is 0.453 e. The van der Waals surface area contributed by atoms with Crippen LogP contribution < -0.4 is 10.6 Å². The first-order valence-corrected chi connectivity index (χ1v) is 14.1. The minimum Gasteiger partial charge on any atom is -0.453 e. The van der Waals surface area contributed by atoms with Crippen LogP contribution in [0.5, 0.6) is 0 Å². The maximum atomic E-state index is 13.0. The number of ether oxygens (including phenoxy) is 1. The van der Waals surface area contributed by atoms with Crippen molar-refractivity contribution in [2.24, 2.45) is 5.92 Å². The Morgan fingerprint density at radius 3 is 2.71 bits per heavy atom. The molecule has 1 aliphatic rings. The van der Waals surface area contributed by atoms with Crippen molar-refractivity contribution in [3.8, 4) is 11.1 Å². The van der Waals surface area contributed by atoms with Crippen molar-refractivity contribution in [3.05, 3.63) is 58.6 Å². The van der Waals surface area contributed by atoms with Crippen LogP contribution in [0, 0.1) is 5.92 Å². The van der Waals surface area contributed by atoms with E-state index in [0.717, 1.165) is 48.9 Å². The number of amides is 2. The fourth-order valence-corrected chi connectivity index (χ4v) is 5.76. The normalized spacial score (nSPS) is 17.1. The lowest BCUT2D eigenvalue weighted by molar-refractivity contribution is -0.136. The Bertz CT molecular complexity index is 1080. The first-order chi connectivity index (χ1) is 18.3. The number of carbonyl (C=O) groups is 2. The summed E-state index contributed by atoms with van der Waals surface area (Å²) in [7, 11) is 3.22. The molecule has 3 rings (SSSR count). The molecule has 208 valence electrons. The molecule has 2 atom stereocenters. The minimum atomic E-state index is -1.25. The van der Waals surface area contributed by atoms with Gasteiger partial charge in [-0.2, -0.15) is 0 Å². The summed E-state index contributed by atoms with van der Waals surface area (Å²) < 4.78 is 4.70. The Morgan fingerprint density at radius 2 is 1.97 bits per heavy atom. The van der Waals surface area contributed by atoms with E-state index in [-0.39, 0.29) is 11.8 Å². The first kappa shape index (κ1) is 29.9. The Hall–Kier alpha value is -2.61. The quantitative estimate of drug-likeness (QED) is 0.323. The van der Waals surface area contributed by atoms with E-state index in [1.165, 1.54) is 12.7 Å². The van der Waals surface area contributed by atoms with Gasteiger partial charge >= 0.3 is 6.09 Å². The van der Waals surface area contributed by atoms with Gasteiger partial charge in [0.1, 0.15) is 0 Å². The van der Waals surface area contributed by atoms with Gasteiger partial charge in [-0.25, -0.2) is 4.79 Å². The molecule has 3 N–H and O–H groups in total. The van der Waals surface area contributed by atoms with Gasteiger partial charge in [0.15, 0.2) is 0 Å². The lowest BCUT2D eigenvalue weighted by atomic mass is 9.72. The van der Waals surface area contributed by atoms with E-state index >= 15 is 0 Å². The number of aryl methyl sites for hydroxylation is 1. The predicted octanol–water partition coefficient (Wildman–Crippen LogP) is 5.13. The maximum absolute atomic E-state index is 13.0. The van der Waals surface area contributed by atoms with E-state index in [9.17, 15) is 14.7 Å². The highest BCUT2D eigenvalue weighted by molar-refractivity contribution is 6.33. The topological polar surface area (TPSA) is 90.9 Å². The van der Waals surface area contributed by atoms with E-state index < -0.39 is 11.7 Å². The van der Waals surface area contributed by atoms with Crippen LogP contribution >= 0.6 is 11.6 Å². The third-order valence-corrected chi connectivity index (χ3v) is 7.88. The van der Waals surface area contributed by atoms with Gasteiger partial charge in [0.25, 0.3) is 0 Å². The molecule has 0 aromatic heterocycles. The van der Waals surface area contributed by atoms with Gasteiger partial charge in [0.2, 0.25) is 5.91 Å². The number of aliphatic hydroxyl groups is 1. The summed E-state index contributed by atoms with van der Waals surface area (Å²) in [6.07, 6.45) is 4.24. The van der Waals surface area contributed by atoms with Crippen LogP contribution in [0.25, 0.3) is 11.1 Å². The molecule has 2 amide bonds. The molecule has 0 bridgehead atoms. The number of likely N-dealkylation sites (tertiary alicyclic amines) is 1. The van der Waals surface area contributed by atoms with Gasteiger partial charge in [-0.3, -0.25) is 4.79 Å². The number of halogens is 1. The van der Waals surface area contributed by atoms with E-state index in [1.54, 1.807) is 0 Å². The minimum absolute atomic E-state index is 0.127. The summed E-state index contributed by atoms with van der Waals surface area (Å²) in [4.78, 5) is 26.5. The molecule has 1 saturated heterocycles. The summed E-state index contributed by atoms with van der Waals surface area (Å²) in [5.41, 5.74) is 2.50. The van der Waals surface area contributed by atoms with E-state index in [2.05, 4.69) is 29.7 Å². The highest BCUT2D eigenvalue weighted by Gasteiger charge is 2.42. The van der Waals surface area contributed by atoms with Crippen LogP contribution in [0.15, 0.2) is 42.5 Å². The molecule has 8 heteroatoms. The molecule has 0 spiro atoms. The SMILES string of the molecule is CCc1cccc(-c2c(Cl)cccc2[C@](O)(CCCNC(=O)OC)[C@@H]2CCCN(C(=O)CCCNC)C2)c1. The molecule has 38 heavy (non-hydrogen) atoms. The van der Waals surface area contributed by atoms with Crippen molar-refractivity contribution >= 4 is 23.6 Å². The average Bonchev–Trinajstić information content (AvgIpc) is 2.95. The summed E-state index contributed by atoms with van der Waals surface area (Å²) in [5, 5.41) is 19.0. The zero-order valence-electron chi connectivity index (χ0n) is 22.9. The zero-order chi connectivity index (χ0) is 27.5. The second kappa shape index (κ2) is 14.5. The highest BCUT2D eigenvalue weighted by Crippen LogP contribution is 2.45. The van der Waals surface area contributed by atoms with Crippen molar-refractivity contribution in [1.29, 1.82) is 0 Å². The lowest BCUT2D eigenvalue weighted by Crippen LogP contribution is -2.48. The van der Waals surface area contributed by atoms with Crippen molar-refractivity contribution in [3.63, 3.8) is 0 Å². The second-order valence-corrected chi connectivity index (χ2v) is 10.5. The number of carbonyl (C=O) groups excluding carboxylic acids is 2. The van der Waals surface area contributed by atoms with Crippen LogP contribution in [-0.2, 0) is 21.6 Å². The Kier molecular flexibility index (Phi) is 11.4. The van der Waals surface area contributed by atoms with Gasteiger partial charge in [-0.05, 0) is 74.9 Å². The van der Waals surface area contributed by atoms with E-state index in [4.69, 9.17) is 16.3 Å². The second-order valence-electron chi connectivity index (χ2n) is 10.0. The van der Waals surface area contributed by atoms with E-state index in [1.807, 2.05) is 42.3 Å². The number of hydrogen-bond donors (Lipinski definition) is 3. The van der Waals surface area contributed by atoms with Crippen molar-refractivity contribution in [2.45, 2.75) is 57.5 Å². The number of nitrogens with zero attached hydrogens (tertiary/aromatic N) is 1. The smallest absolute Gasteiger partial charge is 0.406 e. The van der Waals surface area contributed by atoms with Gasteiger partial charge in [0, 0.05) is 42.6 Å². The summed E-state index contributed by atoms with van der Waals surface area (Å²) in [6, 6.07) is 14.0. The fraction of sp³-hybridized carbons (Fsp3) is 0.533. The van der Waals surface area contributed by atoms with Gasteiger partial charge < -0.3 is 25.4 Å². The molecule has 0 radical (unpaired) electrons. The molecule has 1 heterocycles. The Balaban J connectivity index is 1.98. The molecule has 0 unspecified atom stereocenters. The summed E-state index contributed by atoms with van der Waals surface area (Å²) in [6.45, 7) is 4.47. The van der Waals surface area contributed by atoms with Crippen LogP contribution in [-0.4, -0.2) is 62.3 Å². The van der Waals surface area contributed by atoms with Crippen LogP contribution in [0.4, 0.5) is 4.79 Å². The molecule has 2 aromatic rings. The number of piperidine rings is 1. The van der Waals surface area contributed by atoms with Crippen molar-refractivity contribution < 1.29 is 19.4 Å². The standard InChI is InChI=1S/C30H42ClN3O4/c1-4-22-10-5-11-23(20-22)28-25(13-6-14-26(28)31)30(37,16-9-18-33-29(36)38-3)24-12-8-19-34(21-24)27(35)15-7-17-32-2/h5-6,10-11,13-14,20,24,32,37H,4,7-9,12,15-19,21H2,1-3H3,(H,33,36)/t24-,30+/m1/s1. The summed E-state index contributed by atoms with van der Waals surface area (Å²) in [5.74, 6) is -0.0455. The van der Waals surface area contributed by atoms with Crippen LogP contribution in [0.2, 0.25) is 5.02 Å². The molecule has 1 fully saturated rings. The highest BCUT2D eigenvalue weighted by atomic mass is 35.5. The van der Waals surface area contributed by atoms with Crippen LogP contribution in [0.3, 0.4) is 0 Å². The summed E-state index contributed by atoms with van der Waals surface area (Å²) >= 11 is 6.82. The number of nitrogens with one attached hydrogen (secondary N) is 2. The number of benzene rings is 2. The average molecular weight is 544 g/mol. The molecule has 0 saturated carbocycles. The third kappa shape index (κ3) is 7.49. The van der Waals surface area contributed by atoms with E-state index in [0.29, 0.717) is 43.9 Å². The molecule has 7 nitrogen and oxygen atoms in total. The van der Waals surface area contributed by atoms with Gasteiger partial charge in [0.05, 0.1) is 12.7 Å². The zero-order valence-corrected chi connectivity index (χ0v) is 23.7. The third-order valence-electron chi connectivity index (χ3n) is 7.56. The Labute approximate surface area is 231 Å². The number of alkyl carbamates (subject to hydrolysis) is 1. The maximum Gasteiger partial charge on any atom is 0.406 e. The molecular weight excluding hydrogens is 502 g/mol. The molecular formula is C30H42ClN3O4. The Morgan fingerprint density at radius 1 is 1.18 bits per heavy atom. The van der Waals surface area contributed by atoms with Gasteiger partial charge in [-0.1, -0.05) is 54.9 Å². The lowest BCUT2D eigenvalue weighted by Gasteiger charge is -2.44. The molecule has 2 aromatic carbocycles. The van der Waals surface area contributed by atoms with Crippen LogP contribution in [0.1, 0.15) is 56.6 Å². The van der Waals surface area contributed by atoms with Crippen molar-refractivity contribution in [2.75, 3.05) is 40.3 Å². The fourth-order valence-electron chi connectivity index (χ4n) is 5.47. The van der Waals surface area contributed by atoms with Gasteiger partial charge in [-0.15, -0.1) is 0 Å². The number of methoxy groups -OCH3 is 1. The number of hydrogen-bond acceptors (Lipinski definition) is 5. The number of rotatable bonds is 12. The first-order valence-electron chi connectivity index (χ1n) is 13.7. The molecule has 0 aliphatic carbocycles. The monoisotopic (exact) mass is 543 g/mol.